The van der Waals surface area contributed by atoms with E-state index in [2.05, 4.69) is 30.5 Å². The van der Waals surface area contributed by atoms with Gasteiger partial charge in [0.2, 0.25) is 0 Å². The molecule has 1 aliphatic rings. The van der Waals surface area contributed by atoms with Crippen molar-refractivity contribution in [3.8, 4) is 5.75 Å². The van der Waals surface area contributed by atoms with Crippen molar-refractivity contribution in [3.63, 3.8) is 0 Å². The Balaban J connectivity index is 2.10. The first kappa shape index (κ1) is 15.9. The number of benzene rings is 1. The average Bonchev–Trinajstić information content (AvgIpc) is 2.87. The second-order valence-corrected chi connectivity index (χ2v) is 6.46. The zero-order chi connectivity index (χ0) is 16.6. The topological polar surface area (TPSA) is 40.5 Å². The van der Waals surface area contributed by atoms with E-state index in [-0.39, 0.29) is 11.9 Å². The number of carbonyl (C=O) groups excluding carboxylic acids is 1. The maximum absolute atomic E-state index is 12.2. The summed E-state index contributed by atoms with van der Waals surface area (Å²) in [7, 11) is 1.69. The van der Waals surface area contributed by atoms with Crippen LogP contribution in [0.3, 0.4) is 0 Å². The van der Waals surface area contributed by atoms with Crippen LogP contribution in [-0.4, -0.2) is 24.3 Å². The number of fused-ring (bicyclic) bond motifs is 3. The van der Waals surface area contributed by atoms with Crippen LogP contribution in [0.4, 0.5) is 0 Å². The Morgan fingerprint density at radius 1 is 1.39 bits per heavy atom. The summed E-state index contributed by atoms with van der Waals surface area (Å²) in [6.07, 6.45) is 2.55. The summed E-state index contributed by atoms with van der Waals surface area (Å²) in [5.74, 6) is 0.769. The molecule has 4 nitrogen and oxygen atoms in total. The fourth-order valence-electron chi connectivity index (χ4n) is 3.75. The molecule has 4 heteroatoms. The Labute approximate surface area is 137 Å². The zero-order valence-corrected chi connectivity index (χ0v) is 14.4. The minimum atomic E-state index is -0.0634. The Morgan fingerprint density at radius 2 is 2.17 bits per heavy atom. The van der Waals surface area contributed by atoms with Crippen LogP contribution >= 0.6 is 0 Å². The van der Waals surface area contributed by atoms with Gasteiger partial charge in [0, 0.05) is 22.6 Å². The van der Waals surface area contributed by atoms with Crippen molar-refractivity contribution < 1.29 is 14.3 Å². The van der Waals surface area contributed by atoms with Gasteiger partial charge in [-0.1, -0.05) is 0 Å². The summed E-state index contributed by atoms with van der Waals surface area (Å²) in [6.45, 7) is 6.73. The van der Waals surface area contributed by atoms with Crippen molar-refractivity contribution in [2.75, 3.05) is 13.7 Å². The van der Waals surface area contributed by atoms with Crippen molar-refractivity contribution in [1.29, 1.82) is 0 Å². The van der Waals surface area contributed by atoms with Gasteiger partial charge >= 0.3 is 5.97 Å². The van der Waals surface area contributed by atoms with Crippen LogP contribution in [0.15, 0.2) is 18.2 Å². The molecule has 23 heavy (non-hydrogen) atoms. The molecule has 0 fully saturated rings. The summed E-state index contributed by atoms with van der Waals surface area (Å²) in [4.78, 5) is 12.2. The normalized spacial score (nSPS) is 17.3. The van der Waals surface area contributed by atoms with E-state index < -0.39 is 0 Å². The van der Waals surface area contributed by atoms with Crippen molar-refractivity contribution in [2.24, 2.45) is 5.92 Å². The predicted molar refractivity (Wildman–Crippen MR) is 91.0 cm³/mol. The van der Waals surface area contributed by atoms with Crippen molar-refractivity contribution in [2.45, 2.75) is 46.1 Å². The number of nitrogens with zero attached hydrogens (tertiary/aromatic N) is 1. The molecule has 1 atom stereocenters. The molecule has 1 aromatic carbocycles. The fourth-order valence-corrected chi connectivity index (χ4v) is 3.75. The summed E-state index contributed by atoms with van der Waals surface area (Å²) < 4.78 is 13.0. The molecule has 0 spiro atoms. The molecule has 0 radical (unpaired) electrons. The first-order valence-electron chi connectivity index (χ1n) is 8.43. The minimum absolute atomic E-state index is 0.0279. The quantitative estimate of drug-likeness (QED) is 0.803. The van der Waals surface area contributed by atoms with E-state index in [9.17, 15) is 4.79 Å². The summed E-state index contributed by atoms with van der Waals surface area (Å²) in [5.41, 5.74) is 3.89. The van der Waals surface area contributed by atoms with E-state index in [0.29, 0.717) is 12.6 Å². The third kappa shape index (κ3) is 2.71. The fraction of sp³-hybridized carbons (Fsp3) is 0.526. The molecular weight excluding hydrogens is 290 g/mol. The molecule has 0 saturated carbocycles. The smallest absolute Gasteiger partial charge is 0.309 e. The van der Waals surface area contributed by atoms with Gasteiger partial charge < -0.3 is 14.0 Å². The second kappa shape index (κ2) is 6.26. The predicted octanol–water partition coefficient (Wildman–Crippen LogP) is 3.90. The maximum Gasteiger partial charge on any atom is 0.309 e. The van der Waals surface area contributed by atoms with Crippen LogP contribution in [0.2, 0.25) is 0 Å². The Hall–Kier alpha value is -1.97. The number of hydrogen-bond donors (Lipinski definition) is 0. The van der Waals surface area contributed by atoms with Crippen LogP contribution in [0.5, 0.6) is 5.75 Å². The highest BCUT2D eigenvalue weighted by Crippen LogP contribution is 2.38. The molecule has 2 aromatic rings. The first-order chi connectivity index (χ1) is 11.1. The third-order valence-electron chi connectivity index (χ3n) is 4.74. The molecule has 0 amide bonds. The Bertz CT molecular complexity index is 730. The molecule has 0 saturated heterocycles. The molecule has 124 valence electrons. The van der Waals surface area contributed by atoms with Gasteiger partial charge in [-0.2, -0.15) is 0 Å². The van der Waals surface area contributed by atoms with E-state index in [1.165, 1.54) is 22.2 Å². The molecule has 1 aromatic heterocycles. The van der Waals surface area contributed by atoms with Gasteiger partial charge in [-0.05, 0) is 63.8 Å². The highest BCUT2D eigenvalue weighted by molar-refractivity contribution is 5.88. The number of rotatable bonds is 4. The third-order valence-corrected chi connectivity index (χ3v) is 4.74. The van der Waals surface area contributed by atoms with E-state index in [1.54, 1.807) is 7.11 Å². The summed E-state index contributed by atoms with van der Waals surface area (Å²) in [5, 5.41) is 1.21. The van der Waals surface area contributed by atoms with Crippen LogP contribution in [0, 0.1) is 5.92 Å². The van der Waals surface area contributed by atoms with Gasteiger partial charge in [-0.15, -0.1) is 0 Å². The molecule has 0 N–H and O–H groups in total. The van der Waals surface area contributed by atoms with Gasteiger partial charge in [0.1, 0.15) is 5.75 Å². The number of carbonyl (C=O) groups is 1. The second-order valence-electron chi connectivity index (χ2n) is 6.46. The highest BCUT2D eigenvalue weighted by Gasteiger charge is 2.30. The van der Waals surface area contributed by atoms with E-state index in [4.69, 9.17) is 9.47 Å². The molecule has 1 heterocycles. The molecule has 1 aliphatic carbocycles. The van der Waals surface area contributed by atoms with E-state index in [1.807, 2.05) is 13.0 Å². The lowest BCUT2D eigenvalue weighted by Crippen LogP contribution is -2.25. The number of ether oxygens (including phenoxy) is 2. The number of hydrogen-bond acceptors (Lipinski definition) is 3. The monoisotopic (exact) mass is 315 g/mol. The van der Waals surface area contributed by atoms with Gasteiger partial charge in [-0.3, -0.25) is 4.79 Å². The van der Waals surface area contributed by atoms with Crippen LogP contribution in [0.25, 0.3) is 10.9 Å². The number of esters is 1. The highest BCUT2D eigenvalue weighted by atomic mass is 16.5. The molecule has 3 rings (SSSR count). The lowest BCUT2D eigenvalue weighted by molar-refractivity contribution is -0.148. The first-order valence-corrected chi connectivity index (χ1v) is 8.43. The lowest BCUT2D eigenvalue weighted by atomic mass is 9.86. The van der Waals surface area contributed by atoms with E-state index in [0.717, 1.165) is 25.0 Å². The van der Waals surface area contributed by atoms with E-state index >= 15 is 0 Å². The Morgan fingerprint density at radius 3 is 2.83 bits per heavy atom. The van der Waals surface area contributed by atoms with Crippen molar-refractivity contribution in [3.05, 3.63) is 29.5 Å². The van der Waals surface area contributed by atoms with Gasteiger partial charge in [-0.25, -0.2) is 0 Å². The summed E-state index contributed by atoms with van der Waals surface area (Å²) >= 11 is 0. The number of aromatic nitrogens is 1. The number of methoxy groups -OCH3 is 1. The minimum Gasteiger partial charge on any atom is -0.497 e. The van der Waals surface area contributed by atoms with Gasteiger partial charge in [0.15, 0.2) is 0 Å². The summed E-state index contributed by atoms with van der Waals surface area (Å²) in [6, 6.07) is 6.64. The largest absolute Gasteiger partial charge is 0.497 e. The maximum atomic E-state index is 12.2. The molecule has 0 bridgehead atoms. The van der Waals surface area contributed by atoms with Crippen LogP contribution < -0.4 is 4.74 Å². The van der Waals surface area contributed by atoms with Crippen molar-refractivity contribution >= 4 is 16.9 Å². The standard InChI is InChI=1S/C19H25NO3/c1-5-23-19(21)13-6-8-17-15(10-13)16-11-14(22-4)7-9-18(16)20(17)12(2)3/h7,9,11-13H,5-6,8,10H2,1-4H3. The van der Waals surface area contributed by atoms with Crippen LogP contribution in [0.1, 0.15) is 44.5 Å². The van der Waals surface area contributed by atoms with Crippen molar-refractivity contribution in [1.82, 2.24) is 4.57 Å². The SMILES string of the molecule is CCOC(=O)C1CCc2c(c3cc(OC)ccc3n2C(C)C)C1. The average molecular weight is 315 g/mol. The van der Waals surface area contributed by atoms with Gasteiger partial charge in [0.05, 0.1) is 19.6 Å². The van der Waals surface area contributed by atoms with Crippen LogP contribution in [-0.2, 0) is 22.4 Å². The zero-order valence-electron chi connectivity index (χ0n) is 14.4. The molecule has 0 aliphatic heterocycles. The molecular formula is C19H25NO3. The Kier molecular flexibility index (Phi) is 4.33. The lowest BCUT2D eigenvalue weighted by Gasteiger charge is -2.23. The molecule has 1 unspecified atom stereocenters. The van der Waals surface area contributed by atoms with Gasteiger partial charge in [0.25, 0.3) is 0 Å².